The van der Waals surface area contributed by atoms with Crippen LogP contribution in [0, 0.1) is 5.82 Å². The highest BCUT2D eigenvalue weighted by Gasteiger charge is 2.39. The van der Waals surface area contributed by atoms with Gasteiger partial charge in [-0.1, -0.05) is 11.6 Å². The Balaban J connectivity index is 1.93. The Morgan fingerprint density at radius 1 is 1.17 bits per heavy atom. The number of likely N-dealkylation sites (N-methyl/N-ethyl adjacent to an activating group) is 1. The second-order valence-electron chi connectivity index (χ2n) is 9.04. The van der Waals surface area contributed by atoms with Crippen LogP contribution < -0.4 is 15.4 Å². The van der Waals surface area contributed by atoms with Crippen LogP contribution in [0.4, 0.5) is 15.8 Å². The Morgan fingerprint density at radius 2 is 1.90 bits per heavy atom. The van der Waals surface area contributed by atoms with Crippen LogP contribution >= 0.6 is 11.6 Å². The SMILES string of the molecule is CC1CN2c3c(c(=O)n(C)c4c(F)cc(Cl)cc34)N(CCCN(C)C)CC2CN1C. The highest BCUT2D eigenvalue weighted by molar-refractivity contribution is 6.31. The molecule has 4 rings (SSSR count). The number of aryl methyl sites for hydroxylation is 1. The summed E-state index contributed by atoms with van der Waals surface area (Å²) in [6.07, 6.45) is 0.955. The molecule has 3 heterocycles. The molecule has 2 aliphatic rings. The van der Waals surface area contributed by atoms with Gasteiger partial charge in [0.1, 0.15) is 11.5 Å². The molecule has 0 amide bonds. The zero-order valence-corrected chi connectivity index (χ0v) is 19.2. The minimum atomic E-state index is -0.455. The van der Waals surface area contributed by atoms with Crippen molar-refractivity contribution in [2.75, 3.05) is 63.7 Å². The summed E-state index contributed by atoms with van der Waals surface area (Å²) < 4.78 is 16.4. The standard InChI is InChI=1S/C22H31ClFN5O/c1-14-11-29-16(12-26(14)4)13-28(8-6-7-25(2)3)21-20(29)17-9-15(23)10-18(24)19(17)27(5)22(21)30/h9-10,14,16H,6-8,11-13H2,1-5H3. The number of hydrogen-bond donors (Lipinski definition) is 0. The molecule has 0 spiro atoms. The number of anilines is 2. The molecule has 1 aromatic heterocycles. The first kappa shape index (κ1) is 21.4. The van der Waals surface area contributed by atoms with Gasteiger partial charge in [-0.2, -0.15) is 0 Å². The van der Waals surface area contributed by atoms with Crippen LogP contribution in [0.25, 0.3) is 10.9 Å². The molecule has 2 aliphatic heterocycles. The lowest BCUT2D eigenvalue weighted by Crippen LogP contribution is -2.63. The molecule has 2 atom stereocenters. The molecule has 0 saturated carbocycles. The number of piperazine rings is 1. The summed E-state index contributed by atoms with van der Waals surface area (Å²) in [7, 11) is 7.91. The van der Waals surface area contributed by atoms with Crippen LogP contribution in [0.3, 0.4) is 0 Å². The van der Waals surface area contributed by atoms with E-state index in [0.29, 0.717) is 22.3 Å². The number of nitrogens with zero attached hydrogens (tertiary/aromatic N) is 5. The molecule has 6 nitrogen and oxygen atoms in total. The van der Waals surface area contributed by atoms with Crippen LogP contribution in [-0.2, 0) is 7.05 Å². The molecule has 0 aliphatic carbocycles. The van der Waals surface area contributed by atoms with Crippen molar-refractivity contribution in [3.63, 3.8) is 0 Å². The summed E-state index contributed by atoms with van der Waals surface area (Å²) in [6, 6.07) is 3.69. The average molecular weight is 436 g/mol. The summed E-state index contributed by atoms with van der Waals surface area (Å²) in [6.45, 7) is 6.43. The topological polar surface area (TPSA) is 35.0 Å². The van der Waals surface area contributed by atoms with E-state index < -0.39 is 5.82 Å². The monoisotopic (exact) mass is 435 g/mol. The van der Waals surface area contributed by atoms with Gasteiger partial charge in [-0.25, -0.2) is 4.39 Å². The number of hydrogen-bond acceptors (Lipinski definition) is 5. The fraction of sp³-hybridized carbons (Fsp3) is 0.591. The minimum Gasteiger partial charge on any atom is -0.363 e. The minimum absolute atomic E-state index is 0.145. The Morgan fingerprint density at radius 3 is 2.60 bits per heavy atom. The lowest BCUT2D eigenvalue weighted by molar-refractivity contribution is 0.198. The van der Waals surface area contributed by atoms with E-state index in [1.807, 2.05) is 6.07 Å². The molecule has 0 radical (unpaired) electrons. The summed E-state index contributed by atoms with van der Waals surface area (Å²) in [5.74, 6) is -0.455. The maximum absolute atomic E-state index is 14.9. The van der Waals surface area contributed by atoms with Crippen molar-refractivity contribution in [3.8, 4) is 0 Å². The zero-order chi connectivity index (χ0) is 21.7. The van der Waals surface area contributed by atoms with E-state index in [2.05, 4.69) is 47.7 Å². The predicted molar refractivity (Wildman–Crippen MR) is 123 cm³/mol. The molecule has 1 aromatic carbocycles. The number of halogens is 2. The lowest BCUT2D eigenvalue weighted by Gasteiger charge is -2.51. The number of aromatic nitrogens is 1. The van der Waals surface area contributed by atoms with Crippen LogP contribution in [0.15, 0.2) is 16.9 Å². The Kier molecular flexibility index (Phi) is 5.72. The van der Waals surface area contributed by atoms with Crippen LogP contribution in [0.5, 0.6) is 0 Å². The number of pyridine rings is 1. The summed E-state index contributed by atoms with van der Waals surface area (Å²) in [5, 5.41) is 1.07. The molecule has 2 unspecified atom stereocenters. The fourth-order valence-electron chi connectivity index (χ4n) is 4.89. The van der Waals surface area contributed by atoms with E-state index in [4.69, 9.17) is 11.6 Å². The third-order valence-corrected chi connectivity index (χ3v) is 6.79. The lowest BCUT2D eigenvalue weighted by atomic mass is 9.99. The molecule has 164 valence electrons. The van der Waals surface area contributed by atoms with Crippen LogP contribution in [0.2, 0.25) is 5.02 Å². The van der Waals surface area contributed by atoms with Crippen molar-refractivity contribution in [2.45, 2.75) is 25.4 Å². The maximum Gasteiger partial charge on any atom is 0.276 e. The predicted octanol–water partition coefficient (Wildman–Crippen LogP) is 2.61. The second-order valence-corrected chi connectivity index (χ2v) is 9.48. The summed E-state index contributed by atoms with van der Waals surface area (Å²) in [4.78, 5) is 22.5. The first-order valence-corrected chi connectivity index (χ1v) is 10.9. The summed E-state index contributed by atoms with van der Waals surface area (Å²) >= 11 is 6.27. The molecular formula is C22H31ClFN5O. The van der Waals surface area contributed by atoms with Gasteiger partial charge in [0, 0.05) is 49.7 Å². The quantitative estimate of drug-likeness (QED) is 0.737. The van der Waals surface area contributed by atoms with Gasteiger partial charge in [-0.15, -0.1) is 0 Å². The number of fused-ring (bicyclic) bond motifs is 5. The Hall–Kier alpha value is -1.83. The highest BCUT2D eigenvalue weighted by Crippen LogP contribution is 2.42. The molecule has 2 aromatic rings. The van der Waals surface area contributed by atoms with E-state index in [1.165, 1.54) is 10.6 Å². The van der Waals surface area contributed by atoms with Gasteiger partial charge in [-0.3, -0.25) is 9.69 Å². The van der Waals surface area contributed by atoms with Gasteiger partial charge in [0.25, 0.3) is 5.56 Å². The van der Waals surface area contributed by atoms with Crippen LogP contribution in [-0.4, -0.2) is 80.3 Å². The van der Waals surface area contributed by atoms with Crippen molar-refractivity contribution in [1.29, 1.82) is 0 Å². The normalized spacial score (nSPS) is 22.0. The largest absolute Gasteiger partial charge is 0.363 e. The Bertz CT molecular complexity index is 1020. The Labute approximate surface area is 182 Å². The van der Waals surface area contributed by atoms with Gasteiger partial charge in [0.15, 0.2) is 0 Å². The van der Waals surface area contributed by atoms with Crippen molar-refractivity contribution < 1.29 is 4.39 Å². The third kappa shape index (κ3) is 3.57. The molecule has 8 heteroatoms. The number of benzene rings is 1. The van der Waals surface area contributed by atoms with Gasteiger partial charge in [-0.05, 0) is 53.2 Å². The van der Waals surface area contributed by atoms with E-state index in [1.54, 1.807) is 7.05 Å². The molecule has 30 heavy (non-hydrogen) atoms. The van der Waals surface area contributed by atoms with Gasteiger partial charge < -0.3 is 19.3 Å². The number of rotatable bonds is 4. The second kappa shape index (κ2) is 8.02. The molecule has 1 saturated heterocycles. The molecular weight excluding hydrogens is 405 g/mol. The van der Waals surface area contributed by atoms with Gasteiger partial charge in [0.05, 0.1) is 17.2 Å². The maximum atomic E-state index is 14.9. The molecule has 0 N–H and O–H groups in total. The van der Waals surface area contributed by atoms with Crippen molar-refractivity contribution in [3.05, 3.63) is 33.3 Å². The highest BCUT2D eigenvalue weighted by atomic mass is 35.5. The molecule has 1 fully saturated rings. The fourth-order valence-corrected chi connectivity index (χ4v) is 5.10. The molecule has 0 bridgehead atoms. The zero-order valence-electron chi connectivity index (χ0n) is 18.5. The van der Waals surface area contributed by atoms with E-state index in [9.17, 15) is 9.18 Å². The van der Waals surface area contributed by atoms with Crippen LogP contribution in [0.1, 0.15) is 13.3 Å². The van der Waals surface area contributed by atoms with E-state index in [0.717, 1.165) is 50.2 Å². The van der Waals surface area contributed by atoms with Gasteiger partial charge in [0.2, 0.25) is 0 Å². The smallest absolute Gasteiger partial charge is 0.276 e. The first-order chi connectivity index (χ1) is 14.2. The third-order valence-electron chi connectivity index (χ3n) is 6.57. The van der Waals surface area contributed by atoms with Crippen molar-refractivity contribution in [2.24, 2.45) is 7.05 Å². The van der Waals surface area contributed by atoms with Gasteiger partial charge >= 0.3 is 0 Å². The van der Waals surface area contributed by atoms with Crippen molar-refractivity contribution >= 4 is 33.9 Å². The average Bonchev–Trinajstić information content (AvgIpc) is 2.65. The van der Waals surface area contributed by atoms with Crippen molar-refractivity contribution in [1.82, 2.24) is 14.4 Å². The summed E-state index contributed by atoms with van der Waals surface area (Å²) in [5.41, 5.74) is 1.70. The van der Waals surface area contributed by atoms with E-state index >= 15 is 0 Å². The first-order valence-electron chi connectivity index (χ1n) is 10.6. The van der Waals surface area contributed by atoms with E-state index in [-0.39, 0.29) is 11.6 Å².